The van der Waals surface area contributed by atoms with Crippen LogP contribution in [0, 0.1) is 11.3 Å². The lowest BCUT2D eigenvalue weighted by Crippen LogP contribution is -2.56. The van der Waals surface area contributed by atoms with Crippen molar-refractivity contribution >= 4 is 11.7 Å². The number of Topliss-reactive ketones (excluding diaryl/α,β-unsaturated/α-hetero) is 1. The number of rotatable bonds is 4. The molecule has 2 aromatic rings. The molecule has 0 unspecified atom stereocenters. The number of nitriles is 1. The van der Waals surface area contributed by atoms with Gasteiger partial charge in [0.05, 0.1) is 22.9 Å². The zero-order chi connectivity index (χ0) is 23.0. The number of ketones is 1. The number of benzene rings is 1. The number of amides is 1. The quantitative estimate of drug-likeness (QED) is 0.689. The molecule has 0 atom stereocenters. The lowest BCUT2D eigenvalue weighted by Gasteiger charge is -2.50. The number of carbonyl (C=O) groups excluding carboxylic acids is 2. The number of likely N-dealkylation sites (N-methyl/N-ethyl adjacent to an activating group) is 1. The monoisotopic (exact) mass is 434 g/mol. The molecule has 1 spiro atoms. The average Bonchev–Trinajstić information content (AvgIpc) is 3.22. The van der Waals surface area contributed by atoms with E-state index in [-0.39, 0.29) is 23.3 Å². The highest BCUT2D eigenvalue weighted by molar-refractivity contribution is 5.95. The summed E-state index contributed by atoms with van der Waals surface area (Å²) in [5, 5.41) is 9.49. The topological polar surface area (TPSA) is 78.6 Å². The molecule has 3 heterocycles. The maximum Gasteiger partial charge on any atom is 0.253 e. The first-order chi connectivity index (χ1) is 15.3. The summed E-state index contributed by atoms with van der Waals surface area (Å²) in [6, 6.07) is 11.2. The molecule has 0 bridgehead atoms. The standard InChI is InChI=1S/C25H30N4O3/c1-17(2)32-22-7-5-19(15-20(22)16-26)24(31)28-11-9-25(10-12-28)23-8-6-21(18(3)30)29(23)14-13-27(25)4/h5-8,15,17H,9-14H2,1-4H3. The minimum absolute atomic E-state index is 0.0446. The molecule has 0 radical (unpaired) electrons. The number of piperidine rings is 1. The van der Waals surface area contributed by atoms with Crippen molar-refractivity contribution in [3.63, 3.8) is 0 Å². The lowest BCUT2D eigenvalue weighted by molar-refractivity contribution is 0.0128. The van der Waals surface area contributed by atoms with Gasteiger partial charge in [-0.2, -0.15) is 5.26 Å². The van der Waals surface area contributed by atoms with Crippen molar-refractivity contribution in [1.82, 2.24) is 14.4 Å². The Morgan fingerprint density at radius 1 is 1.09 bits per heavy atom. The summed E-state index contributed by atoms with van der Waals surface area (Å²) < 4.78 is 7.84. The van der Waals surface area contributed by atoms with Gasteiger partial charge < -0.3 is 14.2 Å². The van der Waals surface area contributed by atoms with Crippen LogP contribution in [-0.2, 0) is 12.1 Å². The average molecular weight is 435 g/mol. The first kappa shape index (κ1) is 22.1. The fraction of sp³-hybridized carbons (Fsp3) is 0.480. The largest absolute Gasteiger partial charge is 0.490 e. The van der Waals surface area contributed by atoms with Gasteiger partial charge in [-0.3, -0.25) is 14.5 Å². The number of aromatic nitrogens is 1. The molecule has 32 heavy (non-hydrogen) atoms. The highest BCUT2D eigenvalue weighted by Crippen LogP contribution is 2.41. The van der Waals surface area contributed by atoms with Crippen LogP contribution in [0.15, 0.2) is 30.3 Å². The lowest BCUT2D eigenvalue weighted by atomic mass is 9.81. The molecule has 7 nitrogen and oxygen atoms in total. The Morgan fingerprint density at radius 2 is 1.81 bits per heavy atom. The summed E-state index contributed by atoms with van der Waals surface area (Å²) in [5.41, 5.74) is 2.65. The Bertz CT molecular complexity index is 1090. The van der Waals surface area contributed by atoms with Gasteiger partial charge in [0.1, 0.15) is 11.8 Å². The van der Waals surface area contributed by atoms with Crippen LogP contribution in [0.2, 0.25) is 0 Å². The molecule has 7 heteroatoms. The maximum absolute atomic E-state index is 13.2. The van der Waals surface area contributed by atoms with Crippen LogP contribution in [0.1, 0.15) is 65.7 Å². The normalized spacial score (nSPS) is 17.8. The molecule has 168 valence electrons. The molecular formula is C25H30N4O3. The van der Waals surface area contributed by atoms with Gasteiger partial charge in [0.15, 0.2) is 5.78 Å². The summed E-state index contributed by atoms with van der Waals surface area (Å²) in [7, 11) is 2.13. The van der Waals surface area contributed by atoms with Gasteiger partial charge >= 0.3 is 0 Å². The molecule has 1 aromatic carbocycles. The molecule has 2 aliphatic rings. The summed E-state index contributed by atoms with van der Waals surface area (Å²) >= 11 is 0. The molecule has 1 saturated heterocycles. The van der Waals surface area contributed by atoms with Crippen LogP contribution in [0.4, 0.5) is 0 Å². The minimum atomic E-state index is -0.171. The van der Waals surface area contributed by atoms with E-state index in [1.807, 2.05) is 24.8 Å². The van der Waals surface area contributed by atoms with Crippen LogP contribution in [-0.4, -0.2) is 58.8 Å². The van der Waals surface area contributed by atoms with Gasteiger partial charge in [0.2, 0.25) is 0 Å². The SMILES string of the molecule is CC(=O)c1ccc2n1CCN(C)C21CCN(C(=O)c2ccc(OC(C)C)c(C#N)c2)CC1. The van der Waals surface area contributed by atoms with E-state index in [9.17, 15) is 14.9 Å². The van der Waals surface area contributed by atoms with E-state index in [0.717, 1.165) is 31.6 Å². The second-order valence-corrected chi connectivity index (χ2v) is 9.05. The van der Waals surface area contributed by atoms with Crippen molar-refractivity contribution in [2.75, 3.05) is 26.7 Å². The summed E-state index contributed by atoms with van der Waals surface area (Å²) in [4.78, 5) is 29.5. The summed E-state index contributed by atoms with van der Waals surface area (Å²) in [6.45, 7) is 8.34. The fourth-order valence-electron chi connectivity index (χ4n) is 5.09. The van der Waals surface area contributed by atoms with E-state index in [2.05, 4.69) is 28.7 Å². The molecular weight excluding hydrogens is 404 g/mol. The number of hydrogen-bond donors (Lipinski definition) is 0. The van der Waals surface area contributed by atoms with Crippen LogP contribution in [0.5, 0.6) is 5.75 Å². The Labute approximate surface area is 189 Å². The van der Waals surface area contributed by atoms with E-state index in [0.29, 0.717) is 30.0 Å². The predicted molar refractivity (Wildman–Crippen MR) is 121 cm³/mol. The van der Waals surface area contributed by atoms with E-state index < -0.39 is 0 Å². The van der Waals surface area contributed by atoms with Crippen LogP contribution >= 0.6 is 0 Å². The highest BCUT2D eigenvalue weighted by Gasteiger charge is 2.45. The van der Waals surface area contributed by atoms with Crippen LogP contribution < -0.4 is 4.74 Å². The Kier molecular flexibility index (Phi) is 5.83. The first-order valence-corrected chi connectivity index (χ1v) is 11.2. The van der Waals surface area contributed by atoms with E-state index in [4.69, 9.17) is 4.74 Å². The van der Waals surface area contributed by atoms with Crippen molar-refractivity contribution < 1.29 is 14.3 Å². The first-order valence-electron chi connectivity index (χ1n) is 11.2. The molecule has 1 aromatic heterocycles. The van der Waals surface area contributed by atoms with Gasteiger partial charge in [-0.25, -0.2) is 0 Å². The third-order valence-electron chi connectivity index (χ3n) is 6.80. The predicted octanol–water partition coefficient (Wildman–Crippen LogP) is 3.43. The van der Waals surface area contributed by atoms with Crippen molar-refractivity contribution in [2.45, 2.75) is 51.8 Å². The maximum atomic E-state index is 13.2. The Balaban J connectivity index is 1.54. The highest BCUT2D eigenvalue weighted by atomic mass is 16.5. The van der Waals surface area contributed by atoms with Gasteiger partial charge in [-0.05, 0) is 64.1 Å². The molecule has 0 N–H and O–H groups in total. The molecule has 1 fully saturated rings. The van der Waals surface area contributed by atoms with Crippen molar-refractivity contribution in [2.24, 2.45) is 0 Å². The fourth-order valence-corrected chi connectivity index (χ4v) is 5.09. The van der Waals surface area contributed by atoms with Gasteiger partial charge in [-0.1, -0.05) is 0 Å². The third kappa shape index (κ3) is 3.69. The minimum Gasteiger partial charge on any atom is -0.490 e. The third-order valence-corrected chi connectivity index (χ3v) is 6.80. The summed E-state index contributed by atoms with van der Waals surface area (Å²) in [5.74, 6) is 0.523. The number of carbonyl (C=O) groups is 2. The van der Waals surface area contributed by atoms with E-state index in [1.54, 1.807) is 25.1 Å². The molecule has 2 aliphatic heterocycles. The van der Waals surface area contributed by atoms with Crippen LogP contribution in [0.25, 0.3) is 0 Å². The Morgan fingerprint density at radius 3 is 2.44 bits per heavy atom. The number of hydrogen-bond acceptors (Lipinski definition) is 5. The van der Waals surface area contributed by atoms with Crippen molar-refractivity contribution in [1.29, 1.82) is 5.26 Å². The molecule has 1 amide bonds. The number of nitrogens with zero attached hydrogens (tertiary/aromatic N) is 4. The molecule has 0 saturated carbocycles. The van der Waals surface area contributed by atoms with E-state index in [1.165, 1.54) is 5.69 Å². The zero-order valence-corrected chi connectivity index (χ0v) is 19.2. The Hall–Kier alpha value is -3.11. The number of fused-ring (bicyclic) bond motifs is 2. The van der Waals surface area contributed by atoms with Gasteiger partial charge in [-0.15, -0.1) is 0 Å². The number of likely N-dealkylation sites (tertiary alicyclic amines) is 1. The van der Waals surface area contributed by atoms with Gasteiger partial charge in [0, 0.05) is 44.4 Å². The smallest absolute Gasteiger partial charge is 0.253 e. The second kappa shape index (κ2) is 8.44. The summed E-state index contributed by atoms with van der Waals surface area (Å²) in [6.07, 6.45) is 1.56. The number of ether oxygens (including phenoxy) is 1. The van der Waals surface area contributed by atoms with Gasteiger partial charge in [0.25, 0.3) is 5.91 Å². The zero-order valence-electron chi connectivity index (χ0n) is 19.2. The molecule has 4 rings (SSSR count). The van der Waals surface area contributed by atoms with Crippen molar-refractivity contribution in [3.8, 4) is 11.8 Å². The molecule has 0 aliphatic carbocycles. The van der Waals surface area contributed by atoms with Crippen molar-refractivity contribution in [3.05, 3.63) is 52.8 Å². The second-order valence-electron chi connectivity index (χ2n) is 9.05. The van der Waals surface area contributed by atoms with Crippen LogP contribution in [0.3, 0.4) is 0 Å². The van der Waals surface area contributed by atoms with E-state index >= 15 is 0 Å².